The Kier molecular flexibility index (Phi) is 6.61. The Balaban J connectivity index is 1.81. The maximum atomic E-state index is 14.4. The monoisotopic (exact) mass is 476 g/mol. The third kappa shape index (κ3) is 4.82. The molecule has 0 unspecified atom stereocenters. The highest BCUT2D eigenvalue weighted by atomic mass is 31.2. The number of hydrogen-bond acceptors (Lipinski definition) is 2. The number of nitrogens with zero attached hydrogens (tertiary/aromatic N) is 1. The Morgan fingerprint density at radius 1 is 0.600 bits per heavy atom. The minimum absolute atomic E-state index is 0.304. The fourth-order valence-corrected chi connectivity index (χ4v) is 7.75. The van der Waals surface area contributed by atoms with Gasteiger partial charge < -0.3 is 5.32 Å². The quantitative estimate of drug-likeness (QED) is 0.250. The van der Waals surface area contributed by atoms with Crippen LogP contribution in [0.4, 0.5) is 21.5 Å². The normalized spacial score (nSPS) is 11.1. The van der Waals surface area contributed by atoms with Crippen molar-refractivity contribution in [3.8, 4) is 0 Å². The number of nitrogens with one attached hydrogen (secondary N) is 1. The Bertz CT molecular complexity index is 1360. The predicted molar refractivity (Wildman–Crippen MR) is 148 cm³/mol. The van der Waals surface area contributed by atoms with Crippen molar-refractivity contribution in [1.82, 2.24) is 0 Å². The van der Waals surface area contributed by atoms with Crippen LogP contribution in [0.5, 0.6) is 0 Å². The van der Waals surface area contributed by atoms with Crippen LogP contribution in [0.2, 0.25) is 0 Å². The van der Waals surface area contributed by atoms with Crippen molar-refractivity contribution < 1.29 is 4.39 Å². The molecule has 0 radical (unpaired) electrons. The highest BCUT2D eigenvalue weighted by molar-refractivity contribution is 7.87. The van der Waals surface area contributed by atoms with E-state index in [0.717, 1.165) is 27.3 Å². The lowest BCUT2D eigenvalue weighted by atomic mass is 10.2. The summed E-state index contributed by atoms with van der Waals surface area (Å²) in [5.41, 5.74) is 3.42. The second kappa shape index (κ2) is 10.1. The van der Waals surface area contributed by atoms with Crippen LogP contribution in [0.3, 0.4) is 0 Å². The maximum Gasteiger partial charge on any atom is 0.125 e. The van der Waals surface area contributed by atoms with Crippen LogP contribution >= 0.6 is 7.05 Å². The molecule has 0 aliphatic heterocycles. The Morgan fingerprint density at radius 3 is 1.57 bits per heavy atom. The first-order valence-electron chi connectivity index (χ1n) is 11.6. The van der Waals surface area contributed by atoms with Gasteiger partial charge in [0.2, 0.25) is 0 Å². The molecule has 0 saturated carbocycles. The minimum atomic E-state index is -2.47. The van der Waals surface area contributed by atoms with Crippen LogP contribution in [0.25, 0.3) is 0 Å². The molecule has 0 heterocycles. The Morgan fingerprint density at radius 2 is 1.09 bits per heavy atom. The lowest BCUT2D eigenvalue weighted by Crippen LogP contribution is -2.25. The highest BCUT2D eigenvalue weighted by Gasteiger charge is 2.27. The first-order chi connectivity index (χ1) is 17.1. The third-order valence-electron chi connectivity index (χ3n) is 5.94. The van der Waals surface area contributed by atoms with Crippen molar-refractivity contribution in [2.45, 2.75) is 6.92 Å². The summed E-state index contributed by atoms with van der Waals surface area (Å²) in [6.45, 7) is 2.05. The van der Waals surface area contributed by atoms with Crippen LogP contribution in [0.1, 0.15) is 5.56 Å². The second-order valence-electron chi connectivity index (χ2n) is 8.39. The summed E-state index contributed by atoms with van der Waals surface area (Å²) >= 11 is 0. The second-order valence-corrected chi connectivity index (χ2v) is 11.4. The van der Waals surface area contributed by atoms with Gasteiger partial charge in [0.1, 0.15) is 5.82 Å². The molecule has 0 aliphatic rings. The topological polar surface area (TPSA) is 24.4 Å². The molecule has 2 nitrogen and oxygen atoms in total. The van der Waals surface area contributed by atoms with Gasteiger partial charge in [-0.3, -0.25) is 4.74 Å². The van der Waals surface area contributed by atoms with Gasteiger partial charge in [0.25, 0.3) is 0 Å². The van der Waals surface area contributed by atoms with Gasteiger partial charge in [0.05, 0.1) is 18.4 Å². The average molecular weight is 477 g/mol. The molecule has 0 aromatic heterocycles. The van der Waals surface area contributed by atoms with Crippen LogP contribution in [-0.2, 0) is 0 Å². The molecule has 0 fully saturated rings. The molecule has 0 atom stereocenters. The van der Waals surface area contributed by atoms with E-state index in [0.29, 0.717) is 5.69 Å². The van der Waals surface area contributed by atoms with Gasteiger partial charge in [-0.25, -0.2) is 4.39 Å². The zero-order chi connectivity index (χ0) is 24.1. The number of benzene rings is 5. The molecule has 172 valence electrons. The van der Waals surface area contributed by atoms with Crippen LogP contribution in [0.15, 0.2) is 138 Å². The van der Waals surface area contributed by atoms with E-state index in [1.807, 2.05) is 49.4 Å². The fraction of sp³-hybridized carbons (Fsp3) is 0.0323. The van der Waals surface area contributed by atoms with E-state index >= 15 is 0 Å². The first kappa shape index (κ1) is 22.8. The van der Waals surface area contributed by atoms with Gasteiger partial charge >= 0.3 is 0 Å². The molecule has 0 bridgehead atoms. The molecule has 4 heteroatoms. The van der Waals surface area contributed by atoms with Gasteiger partial charge in [-0.1, -0.05) is 109 Å². The van der Waals surface area contributed by atoms with E-state index in [1.54, 1.807) is 6.07 Å². The fourth-order valence-electron chi connectivity index (χ4n) is 4.20. The lowest BCUT2D eigenvalue weighted by Gasteiger charge is -2.27. The molecule has 5 aromatic carbocycles. The zero-order valence-corrected chi connectivity index (χ0v) is 20.4. The van der Waals surface area contributed by atoms with Gasteiger partial charge in [0.15, 0.2) is 0 Å². The van der Waals surface area contributed by atoms with Crippen LogP contribution < -0.4 is 21.2 Å². The van der Waals surface area contributed by atoms with E-state index in [2.05, 4.69) is 78.1 Å². The van der Waals surface area contributed by atoms with Gasteiger partial charge in [0, 0.05) is 21.6 Å². The molecular formula is C31H26FN2P. The molecule has 0 amide bonds. The van der Waals surface area contributed by atoms with Crippen molar-refractivity contribution in [1.29, 1.82) is 0 Å². The van der Waals surface area contributed by atoms with Crippen molar-refractivity contribution in [3.63, 3.8) is 0 Å². The van der Waals surface area contributed by atoms with Crippen molar-refractivity contribution >= 4 is 40.0 Å². The standard InChI is InChI=1S/C31H26FN2P/c1-24-17-20-26(21-18-24)33-31-23-25(32)19-22-30(31)34-35(27-11-5-2-6-12-27,28-13-7-3-8-14-28)29-15-9-4-10-16-29/h2-23,33H,1H3. The molecule has 5 rings (SSSR count). The number of anilines is 2. The molecule has 35 heavy (non-hydrogen) atoms. The molecule has 1 N–H and O–H groups in total. The van der Waals surface area contributed by atoms with Crippen molar-refractivity contribution in [2.75, 3.05) is 5.32 Å². The van der Waals surface area contributed by atoms with Gasteiger partial charge in [-0.2, -0.15) is 0 Å². The highest BCUT2D eigenvalue weighted by Crippen LogP contribution is 2.50. The third-order valence-corrected chi connectivity index (χ3v) is 9.59. The summed E-state index contributed by atoms with van der Waals surface area (Å²) in [5, 5.41) is 6.83. The smallest absolute Gasteiger partial charge is 0.125 e. The number of rotatable bonds is 6. The van der Waals surface area contributed by atoms with E-state index in [-0.39, 0.29) is 5.82 Å². The molecule has 0 aliphatic carbocycles. The number of aryl methyl sites for hydroxylation is 1. The zero-order valence-electron chi connectivity index (χ0n) is 19.5. The minimum Gasteiger partial charge on any atom is -0.354 e. The largest absolute Gasteiger partial charge is 0.354 e. The van der Waals surface area contributed by atoms with E-state index in [1.165, 1.54) is 17.7 Å². The van der Waals surface area contributed by atoms with E-state index in [4.69, 9.17) is 4.74 Å². The number of hydrogen-bond donors (Lipinski definition) is 1. The predicted octanol–water partition coefficient (Wildman–Crippen LogP) is 7.69. The van der Waals surface area contributed by atoms with Gasteiger partial charge in [-0.15, -0.1) is 0 Å². The summed E-state index contributed by atoms with van der Waals surface area (Å²) in [6.07, 6.45) is 0. The molecular weight excluding hydrogens is 450 g/mol. The summed E-state index contributed by atoms with van der Waals surface area (Å²) in [5.74, 6) is -0.304. The lowest BCUT2D eigenvalue weighted by molar-refractivity contribution is 0.628. The van der Waals surface area contributed by atoms with E-state index < -0.39 is 7.05 Å². The summed E-state index contributed by atoms with van der Waals surface area (Å²) in [7, 11) is -2.47. The van der Waals surface area contributed by atoms with E-state index in [9.17, 15) is 4.39 Å². The van der Waals surface area contributed by atoms with Gasteiger partial charge in [-0.05, 0) is 37.3 Å². The van der Waals surface area contributed by atoms with Crippen molar-refractivity contribution in [2.24, 2.45) is 4.74 Å². The molecule has 0 spiro atoms. The van der Waals surface area contributed by atoms with Crippen LogP contribution in [0, 0.1) is 12.7 Å². The summed E-state index contributed by atoms with van der Waals surface area (Å²) in [6, 6.07) is 44.1. The first-order valence-corrected chi connectivity index (χ1v) is 13.3. The molecule has 5 aromatic rings. The summed E-state index contributed by atoms with van der Waals surface area (Å²) < 4.78 is 20.0. The van der Waals surface area contributed by atoms with Crippen molar-refractivity contribution in [3.05, 3.63) is 145 Å². The number of halogens is 1. The Labute approximate surface area is 206 Å². The summed E-state index contributed by atoms with van der Waals surface area (Å²) in [4.78, 5) is 0. The van der Waals surface area contributed by atoms with Crippen LogP contribution in [-0.4, -0.2) is 0 Å². The average Bonchev–Trinajstić information content (AvgIpc) is 2.91. The molecule has 0 saturated heterocycles. The Hall–Kier alpha value is -3.94. The SMILES string of the molecule is Cc1ccc(Nc2cc(F)ccc2N=P(c2ccccc2)(c2ccccc2)c2ccccc2)cc1. The maximum absolute atomic E-state index is 14.4.